The summed E-state index contributed by atoms with van der Waals surface area (Å²) in [5.41, 5.74) is 1.73. The minimum atomic E-state index is -0.467. The van der Waals surface area contributed by atoms with Gasteiger partial charge in [-0.3, -0.25) is 9.59 Å². The van der Waals surface area contributed by atoms with E-state index in [1.165, 1.54) is 18.9 Å². The molecule has 0 saturated heterocycles. The van der Waals surface area contributed by atoms with Crippen LogP contribution in [-0.4, -0.2) is 45.3 Å². The molecule has 0 aliphatic carbocycles. The van der Waals surface area contributed by atoms with Crippen molar-refractivity contribution in [3.8, 4) is 0 Å². The normalized spacial score (nSPS) is 10.6. The van der Waals surface area contributed by atoms with Gasteiger partial charge in [-0.2, -0.15) is 0 Å². The van der Waals surface area contributed by atoms with Crippen LogP contribution < -0.4 is 5.32 Å². The number of amides is 1. The third kappa shape index (κ3) is 6.04. The number of esters is 1. The molecule has 0 aliphatic heterocycles. The van der Waals surface area contributed by atoms with Crippen LogP contribution in [-0.2, 0) is 33.7 Å². The van der Waals surface area contributed by atoms with Gasteiger partial charge in [0.05, 0.1) is 24.8 Å². The number of thioether (sulfide) groups is 1. The summed E-state index contributed by atoms with van der Waals surface area (Å²) in [6.45, 7) is 2.50. The van der Waals surface area contributed by atoms with E-state index in [0.29, 0.717) is 34.3 Å². The van der Waals surface area contributed by atoms with Crippen LogP contribution in [0.2, 0.25) is 0 Å². The van der Waals surface area contributed by atoms with Crippen LogP contribution in [0.5, 0.6) is 0 Å². The molecule has 8 nitrogen and oxygen atoms in total. The maximum atomic E-state index is 12.5. The summed E-state index contributed by atoms with van der Waals surface area (Å²) in [7, 11) is 1.31. The first-order chi connectivity index (χ1) is 15.5. The summed E-state index contributed by atoms with van der Waals surface area (Å²) in [6.07, 6.45) is 0.196. The lowest BCUT2D eigenvalue weighted by molar-refractivity contribution is -0.116. The van der Waals surface area contributed by atoms with Gasteiger partial charge in [0.25, 0.3) is 0 Å². The maximum Gasteiger partial charge on any atom is 0.338 e. The number of Topliss-reactive ketones (excluding diaryl/α,β-unsaturated/α-hetero) is 1. The van der Waals surface area contributed by atoms with Crippen LogP contribution in [0.15, 0.2) is 59.8 Å². The molecule has 0 spiro atoms. The number of carbonyl (C=O) groups excluding carboxylic acids is 3. The smallest absolute Gasteiger partial charge is 0.338 e. The molecule has 0 atom stereocenters. The molecule has 0 fully saturated rings. The van der Waals surface area contributed by atoms with E-state index in [2.05, 4.69) is 15.5 Å². The Morgan fingerprint density at radius 3 is 2.44 bits per heavy atom. The van der Waals surface area contributed by atoms with Crippen molar-refractivity contribution in [2.75, 3.05) is 18.2 Å². The lowest BCUT2D eigenvalue weighted by Crippen LogP contribution is -2.17. The lowest BCUT2D eigenvalue weighted by Gasteiger charge is -2.09. The van der Waals surface area contributed by atoms with Crippen molar-refractivity contribution in [2.24, 2.45) is 0 Å². The van der Waals surface area contributed by atoms with Crippen LogP contribution in [0.3, 0.4) is 0 Å². The fourth-order valence-electron chi connectivity index (χ4n) is 3.14. The van der Waals surface area contributed by atoms with Crippen LogP contribution >= 0.6 is 11.8 Å². The van der Waals surface area contributed by atoms with Crippen LogP contribution in [0.25, 0.3) is 0 Å². The molecule has 3 aromatic rings. The van der Waals surface area contributed by atoms with Crippen LogP contribution in [0.1, 0.15) is 28.7 Å². The van der Waals surface area contributed by atoms with Crippen LogP contribution in [0, 0.1) is 0 Å². The lowest BCUT2D eigenvalue weighted by atomic mass is 10.0. The highest BCUT2D eigenvalue weighted by molar-refractivity contribution is 7.99. The zero-order valence-electron chi connectivity index (χ0n) is 17.9. The molecule has 0 bridgehead atoms. The first-order valence-electron chi connectivity index (χ1n) is 10.1. The molecule has 0 unspecified atom stereocenters. The molecule has 1 N–H and O–H groups in total. The topological polar surface area (TPSA) is 103 Å². The largest absolute Gasteiger partial charge is 0.465 e. The number of hydrogen-bond acceptors (Lipinski definition) is 7. The van der Waals surface area contributed by atoms with Gasteiger partial charge in [-0.25, -0.2) is 4.79 Å². The molecule has 3 rings (SSSR count). The number of nitrogens with zero attached hydrogens (tertiary/aromatic N) is 3. The summed E-state index contributed by atoms with van der Waals surface area (Å²) in [4.78, 5) is 36.8. The summed E-state index contributed by atoms with van der Waals surface area (Å²) >= 11 is 1.26. The van der Waals surface area contributed by atoms with Gasteiger partial charge in [0, 0.05) is 18.7 Å². The molecule has 2 aromatic carbocycles. The first-order valence-corrected chi connectivity index (χ1v) is 11.1. The van der Waals surface area contributed by atoms with Crippen molar-refractivity contribution < 1.29 is 19.1 Å². The standard InChI is InChI=1S/C23H24N4O4S/c1-3-27-20(14-21(29)24-17-10-5-4-6-11-17)25-26-23(27)32-15-18(28)13-16-9-7-8-12-19(16)22(30)31-2/h4-12H,3,13-15H2,1-2H3,(H,24,29). The van der Waals surface area contributed by atoms with Gasteiger partial charge < -0.3 is 14.6 Å². The van der Waals surface area contributed by atoms with E-state index in [0.717, 1.165) is 0 Å². The molecule has 32 heavy (non-hydrogen) atoms. The van der Waals surface area contributed by atoms with E-state index >= 15 is 0 Å². The van der Waals surface area contributed by atoms with Gasteiger partial charge in [0.2, 0.25) is 5.91 Å². The van der Waals surface area contributed by atoms with Gasteiger partial charge in [-0.05, 0) is 30.7 Å². The zero-order valence-corrected chi connectivity index (χ0v) is 18.7. The highest BCUT2D eigenvalue weighted by atomic mass is 32.2. The molecule has 1 heterocycles. The molecule has 1 aromatic heterocycles. The second kappa shape index (κ2) is 11.2. The fraction of sp³-hybridized carbons (Fsp3) is 0.261. The van der Waals surface area contributed by atoms with Crippen molar-refractivity contribution in [3.05, 3.63) is 71.5 Å². The van der Waals surface area contributed by atoms with Crippen molar-refractivity contribution in [2.45, 2.75) is 31.5 Å². The Bertz CT molecular complexity index is 1100. The third-order valence-corrected chi connectivity index (χ3v) is 5.68. The minimum absolute atomic E-state index is 0.0552. The van der Waals surface area contributed by atoms with E-state index in [4.69, 9.17) is 4.74 Å². The number of aromatic nitrogens is 3. The quantitative estimate of drug-likeness (QED) is 0.372. The maximum absolute atomic E-state index is 12.5. The van der Waals surface area contributed by atoms with E-state index in [1.54, 1.807) is 24.3 Å². The molecule has 0 aliphatic rings. The first kappa shape index (κ1) is 23.2. The molecule has 1 amide bonds. The van der Waals surface area contributed by atoms with Gasteiger partial charge in [-0.1, -0.05) is 48.2 Å². The number of anilines is 1. The zero-order chi connectivity index (χ0) is 22.9. The molecular weight excluding hydrogens is 428 g/mol. The Morgan fingerprint density at radius 2 is 1.72 bits per heavy atom. The highest BCUT2D eigenvalue weighted by Gasteiger charge is 2.18. The summed E-state index contributed by atoms with van der Waals surface area (Å²) in [5.74, 6) is -0.00744. The van der Waals surface area contributed by atoms with Crippen molar-refractivity contribution in [1.82, 2.24) is 14.8 Å². The van der Waals surface area contributed by atoms with Crippen LogP contribution in [0.4, 0.5) is 5.69 Å². The second-order valence-electron chi connectivity index (χ2n) is 6.89. The predicted octanol–water partition coefficient (Wildman–Crippen LogP) is 3.17. The van der Waals surface area contributed by atoms with E-state index in [-0.39, 0.29) is 30.3 Å². The molecule has 9 heteroatoms. The van der Waals surface area contributed by atoms with Gasteiger partial charge in [-0.15, -0.1) is 10.2 Å². The monoisotopic (exact) mass is 452 g/mol. The Balaban J connectivity index is 1.60. The van der Waals surface area contributed by atoms with Crippen molar-refractivity contribution in [3.63, 3.8) is 0 Å². The highest BCUT2D eigenvalue weighted by Crippen LogP contribution is 2.19. The number of nitrogens with one attached hydrogen (secondary N) is 1. The van der Waals surface area contributed by atoms with Crippen molar-refractivity contribution in [1.29, 1.82) is 0 Å². The Labute approximate surface area is 190 Å². The average Bonchev–Trinajstić information content (AvgIpc) is 3.19. The summed E-state index contributed by atoms with van der Waals surface area (Å²) in [6, 6.07) is 16.1. The van der Waals surface area contributed by atoms with Gasteiger partial charge >= 0.3 is 5.97 Å². The molecule has 0 saturated carbocycles. The van der Waals surface area contributed by atoms with E-state index in [1.807, 2.05) is 41.8 Å². The number of rotatable bonds is 10. The number of ketones is 1. The average molecular weight is 453 g/mol. The number of methoxy groups -OCH3 is 1. The second-order valence-corrected chi connectivity index (χ2v) is 7.83. The molecular formula is C23H24N4O4S. The minimum Gasteiger partial charge on any atom is -0.465 e. The SMILES string of the molecule is CCn1c(CC(=O)Nc2ccccc2)nnc1SCC(=O)Cc1ccccc1C(=O)OC. The molecule has 166 valence electrons. The third-order valence-electron chi connectivity index (χ3n) is 4.66. The van der Waals surface area contributed by atoms with E-state index < -0.39 is 5.97 Å². The number of benzene rings is 2. The summed E-state index contributed by atoms with van der Waals surface area (Å²) < 4.78 is 6.60. The Kier molecular flexibility index (Phi) is 8.15. The number of carbonyl (C=O) groups is 3. The fourth-order valence-corrected chi connectivity index (χ4v) is 4.02. The Morgan fingerprint density at radius 1 is 1.00 bits per heavy atom. The predicted molar refractivity (Wildman–Crippen MR) is 122 cm³/mol. The molecule has 0 radical (unpaired) electrons. The van der Waals surface area contributed by atoms with E-state index in [9.17, 15) is 14.4 Å². The Hall–Kier alpha value is -3.46. The van der Waals surface area contributed by atoms with Gasteiger partial charge in [0.1, 0.15) is 11.6 Å². The van der Waals surface area contributed by atoms with Crippen molar-refractivity contribution >= 4 is 35.1 Å². The summed E-state index contributed by atoms with van der Waals surface area (Å²) in [5, 5.41) is 11.7. The number of para-hydroxylation sites is 1. The van der Waals surface area contributed by atoms with Gasteiger partial charge in [0.15, 0.2) is 5.16 Å². The number of ether oxygens (including phenoxy) is 1. The number of hydrogen-bond donors (Lipinski definition) is 1.